The van der Waals surface area contributed by atoms with Crippen LogP contribution in [0.3, 0.4) is 0 Å². The Labute approximate surface area is 295 Å². The van der Waals surface area contributed by atoms with Crippen molar-refractivity contribution in [3.05, 3.63) is 120 Å². The predicted octanol–water partition coefficient (Wildman–Crippen LogP) is 9.76. The fourth-order valence-electron chi connectivity index (χ4n) is 5.29. The Morgan fingerprint density at radius 2 is 1.52 bits per heavy atom. The van der Waals surface area contributed by atoms with Crippen LogP contribution in [0.2, 0.25) is 19.6 Å². The molecule has 1 radical (unpaired) electrons. The molecule has 5 aromatic heterocycles. The van der Waals surface area contributed by atoms with E-state index in [2.05, 4.69) is 58.9 Å². The summed E-state index contributed by atoms with van der Waals surface area (Å²) in [6.07, 6.45) is 3.07. The van der Waals surface area contributed by atoms with Crippen LogP contribution in [0.15, 0.2) is 100 Å². The molecule has 231 valence electrons. The van der Waals surface area contributed by atoms with E-state index in [1.165, 1.54) is 17.3 Å². The van der Waals surface area contributed by atoms with E-state index in [9.17, 15) is 0 Å². The van der Waals surface area contributed by atoms with Gasteiger partial charge in [-0.1, -0.05) is 54.4 Å². The first-order valence-electron chi connectivity index (χ1n) is 18.9. The van der Waals surface area contributed by atoms with Gasteiger partial charge in [-0.2, -0.15) is 0 Å². The van der Waals surface area contributed by atoms with Gasteiger partial charge in [0, 0.05) is 55.9 Å². The second-order valence-electron chi connectivity index (χ2n) is 11.7. The van der Waals surface area contributed by atoms with Crippen molar-refractivity contribution >= 4 is 57.3 Å². The normalized spacial score (nSPS) is 15.2. The van der Waals surface area contributed by atoms with E-state index in [1.807, 2.05) is 30.5 Å². The van der Waals surface area contributed by atoms with Crippen LogP contribution in [0, 0.1) is 32.7 Å². The first kappa shape index (κ1) is 22.2. The Morgan fingerprint density at radius 1 is 0.717 bits per heavy atom. The minimum atomic E-state index is -2.68. The molecule has 0 saturated carbocycles. The number of nitrogens with zero attached hydrogens (tertiary/aromatic N) is 3. The standard InChI is InChI=1S/C25H17N2O2.C14H16NSi.Ir/c1-13-11-18(26-12-14(13)2)16-5-4-6-17-22-19(29-25(16)17)9-10-20-23(22)24-21(28-20)8-7-15(3)27-24;1-16(2,3)13-9-10-14(15-11-13)12-7-5-4-6-8-12;/h4,6-12H,1-3H3;4-7,9-11H,1-3H3;/q2*-1;/i1D3,2D3,3D3;;. The first-order chi connectivity index (χ1) is 25.3. The van der Waals surface area contributed by atoms with Crippen LogP contribution >= 0.6 is 0 Å². The molecule has 0 N–H and O–H groups in total. The fraction of sp³-hybridized carbons (Fsp3) is 0.154. The molecular formula is C39H33IrN3O2Si-2. The molecule has 0 unspecified atom stereocenters. The van der Waals surface area contributed by atoms with Gasteiger partial charge in [0.25, 0.3) is 0 Å². The number of furan rings is 2. The summed E-state index contributed by atoms with van der Waals surface area (Å²) in [6.45, 7) is -0.746. The molecule has 5 heterocycles. The van der Waals surface area contributed by atoms with Crippen LogP contribution in [0.4, 0.5) is 0 Å². The third kappa shape index (κ3) is 5.82. The number of benzene rings is 3. The largest absolute Gasteiger partial charge is 0.501 e. The van der Waals surface area contributed by atoms with Crippen LogP contribution < -0.4 is 5.19 Å². The Balaban J connectivity index is 0.000000254. The van der Waals surface area contributed by atoms with Crippen LogP contribution in [-0.2, 0) is 20.1 Å². The van der Waals surface area contributed by atoms with E-state index >= 15 is 0 Å². The molecule has 3 aromatic carbocycles. The molecule has 0 atom stereocenters. The topological polar surface area (TPSA) is 65.0 Å². The van der Waals surface area contributed by atoms with Crippen LogP contribution in [-0.4, -0.2) is 23.0 Å². The molecule has 0 amide bonds. The first-order valence-corrected chi connectivity index (χ1v) is 17.9. The summed E-state index contributed by atoms with van der Waals surface area (Å²) < 4.78 is 82.2. The van der Waals surface area contributed by atoms with E-state index in [0.717, 1.165) is 17.5 Å². The smallest absolute Gasteiger partial charge is 0.153 e. The third-order valence-electron chi connectivity index (χ3n) is 7.65. The molecular weight excluding hydrogens is 763 g/mol. The van der Waals surface area contributed by atoms with Crippen LogP contribution in [0.5, 0.6) is 0 Å². The molecule has 0 aliphatic carbocycles. The molecule has 0 aliphatic rings. The van der Waals surface area contributed by atoms with E-state index in [-0.39, 0.29) is 42.6 Å². The van der Waals surface area contributed by atoms with E-state index in [1.54, 1.807) is 30.3 Å². The summed E-state index contributed by atoms with van der Waals surface area (Å²) in [4.78, 5) is 13.2. The Morgan fingerprint density at radius 3 is 2.24 bits per heavy atom. The Bertz CT molecular complexity index is 2660. The van der Waals surface area contributed by atoms with E-state index in [4.69, 9.17) is 21.2 Å². The minimum Gasteiger partial charge on any atom is -0.501 e. The SMILES string of the molecule is C[Si](C)(C)c1ccc(-c2[c-]cccc2)nc1.[2H]C([2H])([2H])c1ccc2oc3ccc4oc5c(-c6cc(C([2H])([2H])[2H])c(C([2H])([2H])[2H])cn6)[c-]ccc5c4c3c2n1.[Ir]. The van der Waals surface area contributed by atoms with Crippen molar-refractivity contribution in [2.24, 2.45) is 0 Å². The number of hydrogen-bond acceptors (Lipinski definition) is 5. The van der Waals surface area contributed by atoms with Gasteiger partial charge in [0.15, 0.2) is 5.58 Å². The van der Waals surface area contributed by atoms with Gasteiger partial charge in [0.2, 0.25) is 0 Å². The minimum absolute atomic E-state index is 0. The molecule has 8 rings (SSSR count). The number of hydrogen-bond donors (Lipinski definition) is 0. The zero-order valence-electron chi connectivity index (χ0n) is 34.2. The van der Waals surface area contributed by atoms with Crippen molar-refractivity contribution in [2.45, 2.75) is 40.2 Å². The average molecular weight is 805 g/mol. The van der Waals surface area contributed by atoms with Crippen molar-refractivity contribution in [3.63, 3.8) is 0 Å². The number of aryl methyl sites for hydroxylation is 3. The average Bonchev–Trinajstić information content (AvgIpc) is 3.68. The molecule has 5 nitrogen and oxygen atoms in total. The second kappa shape index (κ2) is 12.4. The third-order valence-corrected chi connectivity index (χ3v) is 9.68. The molecule has 0 spiro atoms. The van der Waals surface area contributed by atoms with Gasteiger partial charge in [-0.3, -0.25) is 0 Å². The molecule has 46 heavy (non-hydrogen) atoms. The summed E-state index contributed by atoms with van der Waals surface area (Å²) in [7, 11) is -1.23. The maximum atomic E-state index is 7.88. The van der Waals surface area contributed by atoms with Crippen molar-refractivity contribution in [3.8, 4) is 22.5 Å². The summed E-state index contributed by atoms with van der Waals surface area (Å²) in [5.74, 6) is 0. The maximum absolute atomic E-state index is 7.88. The van der Waals surface area contributed by atoms with Gasteiger partial charge < -0.3 is 18.8 Å². The van der Waals surface area contributed by atoms with Gasteiger partial charge in [-0.15, -0.1) is 54.1 Å². The molecule has 0 saturated heterocycles. The van der Waals surface area contributed by atoms with E-state index in [0.29, 0.717) is 49.6 Å². The molecule has 8 aromatic rings. The van der Waals surface area contributed by atoms with Gasteiger partial charge in [-0.25, -0.2) is 4.98 Å². The zero-order valence-corrected chi connectivity index (χ0v) is 28.5. The van der Waals surface area contributed by atoms with Crippen LogP contribution in [0.25, 0.3) is 66.5 Å². The molecule has 0 fully saturated rings. The maximum Gasteiger partial charge on any atom is 0.153 e. The predicted molar refractivity (Wildman–Crippen MR) is 187 cm³/mol. The summed E-state index contributed by atoms with van der Waals surface area (Å²) in [6, 6.07) is 29.5. The number of pyridine rings is 3. The van der Waals surface area contributed by atoms with Gasteiger partial charge in [0.1, 0.15) is 16.7 Å². The van der Waals surface area contributed by atoms with Crippen molar-refractivity contribution in [1.82, 2.24) is 15.0 Å². The van der Waals surface area contributed by atoms with Crippen molar-refractivity contribution in [2.75, 3.05) is 0 Å². The van der Waals surface area contributed by atoms with Gasteiger partial charge in [-0.05, 0) is 67.0 Å². The van der Waals surface area contributed by atoms with Gasteiger partial charge in [0.05, 0.1) is 19.0 Å². The number of fused-ring (bicyclic) bond motifs is 7. The fourth-order valence-corrected chi connectivity index (χ4v) is 6.33. The van der Waals surface area contributed by atoms with E-state index < -0.39 is 28.6 Å². The molecule has 0 bridgehead atoms. The summed E-state index contributed by atoms with van der Waals surface area (Å²) in [5, 5.41) is 3.23. The summed E-state index contributed by atoms with van der Waals surface area (Å²) >= 11 is 0. The summed E-state index contributed by atoms with van der Waals surface area (Å²) in [5.41, 5.74) is 3.95. The Hall–Kier alpha value is -4.42. The van der Waals surface area contributed by atoms with Gasteiger partial charge >= 0.3 is 0 Å². The Kier molecular flexibility index (Phi) is 5.98. The second-order valence-corrected chi connectivity index (χ2v) is 16.8. The molecule has 0 aliphatic heterocycles. The number of rotatable bonds is 3. The zero-order chi connectivity index (χ0) is 38.8. The van der Waals surface area contributed by atoms with Crippen molar-refractivity contribution in [1.29, 1.82) is 0 Å². The monoisotopic (exact) mass is 805 g/mol. The van der Waals surface area contributed by atoms with Crippen LogP contribution in [0.1, 0.15) is 29.2 Å². The number of aromatic nitrogens is 3. The quantitative estimate of drug-likeness (QED) is 0.132. The van der Waals surface area contributed by atoms with Crippen molar-refractivity contribution < 1.29 is 41.3 Å². The molecule has 7 heteroatoms.